The number of alkyl carbamates (subject to hydrolysis) is 1. The zero-order chi connectivity index (χ0) is 23.8. The van der Waals surface area contributed by atoms with E-state index in [1.54, 1.807) is 9.80 Å². The maximum absolute atomic E-state index is 12.9. The molecule has 180 valence electrons. The molecule has 5 atom stereocenters. The summed E-state index contributed by atoms with van der Waals surface area (Å²) in [6, 6.07) is 8.63. The highest BCUT2D eigenvalue weighted by Gasteiger charge is 2.57. The van der Waals surface area contributed by atoms with Crippen LogP contribution in [0.3, 0.4) is 0 Å². The summed E-state index contributed by atoms with van der Waals surface area (Å²) >= 11 is 0. The third-order valence-electron chi connectivity index (χ3n) is 6.27. The van der Waals surface area contributed by atoms with Gasteiger partial charge in [-0.2, -0.15) is 0 Å². The summed E-state index contributed by atoms with van der Waals surface area (Å²) in [6.45, 7) is 8.64. The fourth-order valence-electron chi connectivity index (χ4n) is 4.62. The second kappa shape index (κ2) is 9.21. The van der Waals surface area contributed by atoms with Gasteiger partial charge in [-0.1, -0.05) is 30.3 Å². The summed E-state index contributed by atoms with van der Waals surface area (Å²) in [7, 11) is 0. The lowest BCUT2D eigenvalue weighted by atomic mass is 10.1. The van der Waals surface area contributed by atoms with Crippen molar-refractivity contribution in [3.8, 4) is 0 Å². The second-order valence-electron chi connectivity index (χ2n) is 10.0. The number of ether oxygens (including phenoxy) is 3. The van der Waals surface area contributed by atoms with Crippen molar-refractivity contribution in [1.29, 1.82) is 0 Å². The van der Waals surface area contributed by atoms with Gasteiger partial charge in [0.2, 0.25) is 5.91 Å². The van der Waals surface area contributed by atoms with Crippen molar-refractivity contribution in [3.63, 3.8) is 0 Å². The first-order valence-corrected chi connectivity index (χ1v) is 11.5. The van der Waals surface area contributed by atoms with Gasteiger partial charge in [0.1, 0.15) is 30.5 Å². The van der Waals surface area contributed by atoms with Crippen LogP contribution in [0.1, 0.15) is 46.1 Å². The maximum atomic E-state index is 12.9. The van der Waals surface area contributed by atoms with Gasteiger partial charge in [0.15, 0.2) is 0 Å². The molecule has 1 aromatic rings. The average Bonchev–Trinajstić information content (AvgIpc) is 3.35. The first-order chi connectivity index (χ1) is 15.6. The van der Waals surface area contributed by atoms with Crippen LogP contribution in [0, 0.1) is 0 Å². The van der Waals surface area contributed by atoms with Gasteiger partial charge in [-0.05, 0) is 46.1 Å². The van der Waals surface area contributed by atoms with Crippen molar-refractivity contribution < 1.29 is 28.6 Å². The Morgan fingerprint density at radius 1 is 1.21 bits per heavy atom. The van der Waals surface area contributed by atoms with Crippen LogP contribution in [0.2, 0.25) is 0 Å². The first kappa shape index (κ1) is 23.4. The molecule has 3 unspecified atom stereocenters. The minimum absolute atomic E-state index is 0.00687. The molecule has 3 aliphatic rings. The van der Waals surface area contributed by atoms with Gasteiger partial charge < -0.3 is 24.4 Å². The quantitative estimate of drug-likeness (QED) is 0.657. The summed E-state index contributed by atoms with van der Waals surface area (Å²) in [6.07, 6.45) is 0.233. The van der Waals surface area contributed by atoms with Crippen LogP contribution in [-0.4, -0.2) is 76.9 Å². The molecule has 9 nitrogen and oxygen atoms in total. The van der Waals surface area contributed by atoms with Gasteiger partial charge in [-0.3, -0.25) is 9.69 Å². The lowest BCUT2D eigenvalue weighted by molar-refractivity contribution is -0.130. The van der Waals surface area contributed by atoms with E-state index >= 15 is 0 Å². The van der Waals surface area contributed by atoms with Crippen LogP contribution >= 0.6 is 0 Å². The lowest BCUT2D eigenvalue weighted by Crippen LogP contribution is -2.46. The van der Waals surface area contributed by atoms with E-state index in [9.17, 15) is 14.4 Å². The van der Waals surface area contributed by atoms with Gasteiger partial charge in [-0.25, -0.2) is 9.59 Å². The molecule has 3 heterocycles. The minimum Gasteiger partial charge on any atom is -0.445 e. The molecule has 4 rings (SSSR count). The predicted molar refractivity (Wildman–Crippen MR) is 119 cm³/mol. The summed E-state index contributed by atoms with van der Waals surface area (Å²) in [4.78, 5) is 41.2. The van der Waals surface area contributed by atoms with Crippen LogP contribution in [-0.2, 0) is 25.6 Å². The number of likely N-dealkylation sites (tertiary alicyclic amines) is 2. The SMILES string of the molecule is CC1C[C@H](NC(=O)OCc2ccccc2)C(=O)N1CC[C@@H]1C2OC2CN1C(=O)OC(C)(C)C. The van der Waals surface area contributed by atoms with E-state index in [1.165, 1.54) is 0 Å². The predicted octanol–water partition coefficient (Wildman–Crippen LogP) is 2.68. The van der Waals surface area contributed by atoms with Crippen molar-refractivity contribution in [2.24, 2.45) is 0 Å². The molecule has 3 fully saturated rings. The number of hydrogen-bond donors (Lipinski definition) is 1. The molecule has 9 heteroatoms. The standard InChI is InChI=1S/C24H33N3O6/c1-15-12-17(25-22(29)31-14-16-8-6-5-7-9-16)21(28)26(15)11-10-18-20-19(32-20)13-27(18)23(30)33-24(2,3)4/h5-9,15,17-20H,10-14H2,1-4H3,(H,25,29)/t15?,17-,18+,19?,20?/m0/s1. The highest BCUT2D eigenvalue weighted by molar-refractivity contribution is 5.88. The van der Waals surface area contributed by atoms with Gasteiger partial charge in [0.05, 0.1) is 12.6 Å². The number of fused-ring (bicyclic) bond motifs is 1. The number of hydrogen-bond acceptors (Lipinski definition) is 6. The summed E-state index contributed by atoms with van der Waals surface area (Å²) in [5.41, 5.74) is 0.315. The molecular formula is C24H33N3O6. The van der Waals surface area contributed by atoms with E-state index in [4.69, 9.17) is 14.2 Å². The van der Waals surface area contributed by atoms with Gasteiger partial charge in [0, 0.05) is 12.6 Å². The van der Waals surface area contributed by atoms with E-state index in [-0.39, 0.29) is 42.9 Å². The fourth-order valence-corrected chi connectivity index (χ4v) is 4.62. The molecule has 0 saturated carbocycles. The molecule has 33 heavy (non-hydrogen) atoms. The Morgan fingerprint density at radius 2 is 1.94 bits per heavy atom. The Bertz CT molecular complexity index is 886. The summed E-state index contributed by atoms with van der Waals surface area (Å²) < 4.78 is 16.5. The third kappa shape index (κ3) is 5.58. The maximum Gasteiger partial charge on any atom is 0.410 e. The van der Waals surface area contributed by atoms with Crippen molar-refractivity contribution in [2.75, 3.05) is 13.1 Å². The van der Waals surface area contributed by atoms with Crippen LogP contribution in [0.4, 0.5) is 9.59 Å². The van der Waals surface area contributed by atoms with E-state index in [2.05, 4.69) is 5.32 Å². The number of nitrogens with one attached hydrogen (secondary N) is 1. The Labute approximate surface area is 194 Å². The van der Waals surface area contributed by atoms with Crippen LogP contribution in [0.5, 0.6) is 0 Å². The molecule has 0 bridgehead atoms. The number of morpholine rings is 1. The minimum atomic E-state index is -0.612. The zero-order valence-corrected chi connectivity index (χ0v) is 19.7. The highest BCUT2D eigenvalue weighted by atomic mass is 16.6. The molecule has 3 amide bonds. The van der Waals surface area contributed by atoms with E-state index < -0.39 is 17.7 Å². The second-order valence-corrected chi connectivity index (χ2v) is 10.0. The number of rotatable bonds is 6. The topological polar surface area (TPSA) is 101 Å². The van der Waals surface area contributed by atoms with Gasteiger partial charge >= 0.3 is 12.2 Å². The molecule has 1 aromatic carbocycles. The lowest BCUT2D eigenvalue weighted by Gasteiger charge is -2.31. The third-order valence-corrected chi connectivity index (χ3v) is 6.27. The van der Waals surface area contributed by atoms with E-state index in [0.29, 0.717) is 25.9 Å². The number of carbonyl (C=O) groups excluding carboxylic acids is 3. The van der Waals surface area contributed by atoms with Gasteiger partial charge in [-0.15, -0.1) is 0 Å². The van der Waals surface area contributed by atoms with E-state index in [1.807, 2.05) is 58.0 Å². The van der Waals surface area contributed by atoms with Crippen molar-refractivity contribution in [1.82, 2.24) is 15.1 Å². The molecule has 1 N–H and O–H groups in total. The number of epoxide rings is 1. The Kier molecular flexibility index (Phi) is 6.52. The average molecular weight is 460 g/mol. The number of nitrogens with zero attached hydrogens (tertiary/aromatic N) is 2. The first-order valence-electron chi connectivity index (χ1n) is 11.5. The largest absolute Gasteiger partial charge is 0.445 e. The molecule has 3 aliphatic heterocycles. The highest BCUT2D eigenvalue weighted by Crippen LogP contribution is 2.39. The smallest absolute Gasteiger partial charge is 0.410 e. The fraction of sp³-hybridized carbons (Fsp3) is 0.625. The van der Waals surface area contributed by atoms with Crippen LogP contribution in [0.15, 0.2) is 30.3 Å². The van der Waals surface area contributed by atoms with Crippen molar-refractivity contribution in [3.05, 3.63) is 35.9 Å². The van der Waals surface area contributed by atoms with Crippen molar-refractivity contribution in [2.45, 2.75) is 83.1 Å². The summed E-state index contributed by atoms with van der Waals surface area (Å²) in [5, 5.41) is 2.70. The molecule has 0 aromatic heterocycles. The normalized spacial score (nSPS) is 28.5. The van der Waals surface area contributed by atoms with Crippen molar-refractivity contribution >= 4 is 18.1 Å². The van der Waals surface area contributed by atoms with Gasteiger partial charge in [0.25, 0.3) is 0 Å². The number of benzene rings is 1. The Balaban J connectivity index is 1.27. The molecule has 0 aliphatic carbocycles. The Hall–Kier alpha value is -2.81. The molecular weight excluding hydrogens is 426 g/mol. The number of carbonyl (C=O) groups is 3. The van der Waals surface area contributed by atoms with Crippen LogP contribution < -0.4 is 5.32 Å². The Morgan fingerprint density at radius 3 is 2.64 bits per heavy atom. The van der Waals surface area contributed by atoms with E-state index in [0.717, 1.165) is 5.56 Å². The van der Waals surface area contributed by atoms with Crippen LogP contribution in [0.25, 0.3) is 0 Å². The monoisotopic (exact) mass is 459 g/mol. The molecule has 3 saturated heterocycles. The molecule has 0 radical (unpaired) electrons. The summed E-state index contributed by atoms with van der Waals surface area (Å²) in [5.74, 6) is -0.130. The zero-order valence-electron chi connectivity index (χ0n) is 19.7. The molecule has 0 spiro atoms. The number of amides is 3.